The lowest BCUT2D eigenvalue weighted by Gasteiger charge is -2.12. The molecule has 1 rings (SSSR count). The minimum atomic E-state index is -0.663. The molecule has 0 aliphatic rings. The Bertz CT molecular complexity index is 591. The fourth-order valence-corrected chi connectivity index (χ4v) is 2.17. The van der Waals surface area contributed by atoms with Crippen LogP contribution in [-0.2, 0) is 16.2 Å². The van der Waals surface area contributed by atoms with E-state index < -0.39 is 12.1 Å². The van der Waals surface area contributed by atoms with Gasteiger partial charge >= 0.3 is 6.03 Å². The zero-order chi connectivity index (χ0) is 19.4. The van der Waals surface area contributed by atoms with Gasteiger partial charge in [0.25, 0.3) is 0 Å². The maximum atomic E-state index is 11.8. The predicted molar refractivity (Wildman–Crippen MR) is 98.0 cm³/mol. The van der Waals surface area contributed by atoms with Crippen LogP contribution in [0.4, 0.5) is 10.5 Å². The minimum Gasteiger partial charge on any atom is -0.392 e. The number of carbonyl (C=O) groups is 3. The highest BCUT2D eigenvalue weighted by molar-refractivity contribution is 5.90. The van der Waals surface area contributed by atoms with E-state index in [0.717, 1.165) is 5.56 Å². The van der Waals surface area contributed by atoms with Crippen LogP contribution in [0.1, 0.15) is 31.2 Å². The summed E-state index contributed by atoms with van der Waals surface area (Å²) >= 11 is 0. The second-order valence-corrected chi connectivity index (χ2v) is 5.84. The molecule has 4 amide bonds. The molecule has 1 aromatic carbocycles. The lowest BCUT2D eigenvalue weighted by Crippen LogP contribution is -2.41. The fourth-order valence-electron chi connectivity index (χ4n) is 2.17. The van der Waals surface area contributed by atoms with Crippen LogP contribution >= 0.6 is 0 Å². The van der Waals surface area contributed by atoms with Crippen LogP contribution in [-0.4, -0.2) is 42.1 Å². The zero-order valence-electron chi connectivity index (χ0n) is 14.7. The summed E-state index contributed by atoms with van der Waals surface area (Å²) in [5, 5.41) is 16.8. The van der Waals surface area contributed by atoms with Crippen LogP contribution in [0, 0.1) is 0 Å². The van der Waals surface area contributed by atoms with E-state index >= 15 is 0 Å². The summed E-state index contributed by atoms with van der Waals surface area (Å²) in [5.74, 6) is -0.443. The molecule has 0 fully saturated rings. The van der Waals surface area contributed by atoms with Crippen molar-refractivity contribution in [2.75, 3.05) is 18.4 Å². The highest BCUT2D eigenvalue weighted by atomic mass is 16.3. The standard InChI is InChI=1S/C17H27N5O4/c18-14(3-1-10-21-17(19)26)16(25)20-9-2-4-15(24)22-13-7-5-12(11-23)6-8-13/h5-8,14,23H,1-4,9-11,18H2,(H,20,25)(H,22,24)(H3,19,21,26)/t14-/m0/s1. The second kappa shape index (κ2) is 11.8. The molecule has 144 valence electrons. The number of rotatable bonds is 11. The van der Waals surface area contributed by atoms with Crippen molar-refractivity contribution in [1.82, 2.24) is 10.6 Å². The third-order valence-electron chi connectivity index (χ3n) is 3.63. The first-order valence-corrected chi connectivity index (χ1v) is 8.48. The van der Waals surface area contributed by atoms with Crippen LogP contribution in [0.15, 0.2) is 24.3 Å². The Balaban J connectivity index is 2.14. The van der Waals surface area contributed by atoms with Crippen LogP contribution in [0.25, 0.3) is 0 Å². The largest absolute Gasteiger partial charge is 0.392 e. The minimum absolute atomic E-state index is 0.0439. The molecule has 0 aromatic heterocycles. The number of hydrogen-bond donors (Lipinski definition) is 6. The van der Waals surface area contributed by atoms with Crippen LogP contribution in [0.5, 0.6) is 0 Å². The fraction of sp³-hybridized carbons (Fsp3) is 0.471. The summed E-state index contributed by atoms with van der Waals surface area (Å²) < 4.78 is 0. The van der Waals surface area contributed by atoms with Crippen molar-refractivity contribution in [2.45, 2.75) is 38.3 Å². The van der Waals surface area contributed by atoms with E-state index in [-0.39, 0.29) is 24.8 Å². The summed E-state index contributed by atoms with van der Waals surface area (Å²) in [6, 6.07) is 5.63. The summed E-state index contributed by atoms with van der Waals surface area (Å²) in [5.41, 5.74) is 12.1. The first-order valence-electron chi connectivity index (χ1n) is 8.48. The Morgan fingerprint density at radius 1 is 1.04 bits per heavy atom. The van der Waals surface area contributed by atoms with Gasteiger partial charge in [0.2, 0.25) is 11.8 Å². The third-order valence-corrected chi connectivity index (χ3v) is 3.63. The van der Waals surface area contributed by atoms with Gasteiger partial charge in [0.15, 0.2) is 0 Å². The molecule has 0 radical (unpaired) electrons. The number of hydrogen-bond acceptors (Lipinski definition) is 5. The Labute approximate surface area is 152 Å². The molecule has 0 unspecified atom stereocenters. The molecule has 0 aliphatic heterocycles. The maximum Gasteiger partial charge on any atom is 0.312 e. The number of primary amides is 1. The summed E-state index contributed by atoms with van der Waals surface area (Å²) in [4.78, 5) is 34.1. The molecule has 9 nitrogen and oxygen atoms in total. The normalized spacial score (nSPS) is 11.5. The number of nitrogens with one attached hydrogen (secondary N) is 3. The molecule has 0 spiro atoms. The molecule has 0 aliphatic carbocycles. The molecule has 8 N–H and O–H groups in total. The van der Waals surface area contributed by atoms with Gasteiger partial charge in [-0.05, 0) is 37.0 Å². The number of nitrogens with two attached hydrogens (primary N) is 2. The Morgan fingerprint density at radius 2 is 1.69 bits per heavy atom. The van der Waals surface area contributed by atoms with Gasteiger partial charge in [-0.25, -0.2) is 4.79 Å². The van der Waals surface area contributed by atoms with E-state index in [1.807, 2.05) is 0 Å². The van der Waals surface area contributed by atoms with Gasteiger partial charge in [0, 0.05) is 25.2 Å². The van der Waals surface area contributed by atoms with Gasteiger partial charge in [-0.2, -0.15) is 0 Å². The maximum absolute atomic E-state index is 11.8. The number of carbonyl (C=O) groups excluding carboxylic acids is 3. The highest BCUT2D eigenvalue weighted by Crippen LogP contribution is 2.10. The molecular formula is C17H27N5O4. The van der Waals surface area contributed by atoms with E-state index in [9.17, 15) is 14.4 Å². The van der Waals surface area contributed by atoms with Crippen molar-refractivity contribution < 1.29 is 19.5 Å². The van der Waals surface area contributed by atoms with Crippen molar-refractivity contribution in [3.05, 3.63) is 29.8 Å². The molecular weight excluding hydrogens is 338 g/mol. The summed E-state index contributed by atoms with van der Waals surface area (Å²) in [6.07, 6.45) is 1.73. The average molecular weight is 365 g/mol. The van der Waals surface area contributed by atoms with Crippen LogP contribution < -0.4 is 27.4 Å². The number of amides is 4. The van der Waals surface area contributed by atoms with Gasteiger partial charge in [0.1, 0.15) is 0 Å². The first kappa shape index (κ1) is 21.4. The van der Waals surface area contributed by atoms with Gasteiger partial charge in [0.05, 0.1) is 12.6 Å². The van der Waals surface area contributed by atoms with E-state index in [4.69, 9.17) is 16.6 Å². The Hall–Kier alpha value is -2.65. The lowest BCUT2D eigenvalue weighted by atomic mass is 10.1. The number of anilines is 1. The SMILES string of the molecule is NC(=O)NCCC[C@H](N)C(=O)NCCCC(=O)Nc1ccc(CO)cc1. The average Bonchev–Trinajstić information content (AvgIpc) is 2.62. The van der Waals surface area contributed by atoms with Crippen molar-refractivity contribution in [3.8, 4) is 0 Å². The van der Waals surface area contributed by atoms with E-state index in [2.05, 4.69) is 16.0 Å². The molecule has 0 saturated heterocycles. The number of aliphatic hydroxyl groups excluding tert-OH is 1. The third kappa shape index (κ3) is 9.00. The quantitative estimate of drug-likeness (QED) is 0.299. The van der Waals surface area contributed by atoms with Crippen molar-refractivity contribution in [2.24, 2.45) is 11.5 Å². The first-order chi connectivity index (χ1) is 12.4. The van der Waals surface area contributed by atoms with E-state index in [0.29, 0.717) is 38.0 Å². The molecule has 9 heteroatoms. The number of urea groups is 1. The molecule has 1 atom stereocenters. The number of aliphatic hydroxyl groups is 1. The van der Waals surface area contributed by atoms with Crippen LogP contribution in [0.2, 0.25) is 0 Å². The zero-order valence-corrected chi connectivity index (χ0v) is 14.7. The monoisotopic (exact) mass is 365 g/mol. The van der Waals surface area contributed by atoms with E-state index in [1.165, 1.54) is 0 Å². The Morgan fingerprint density at radius 3 is 2.31 bits per heavy atom. The molecule has 0 heterocycles. The number of benzene rings is 1. The molecule has 1 aromatic rings. The molecule has 26 heavy (non-hydrogen) atoms. The summed E-state index contributed by atoms with van der Waals surface area (Å²) in [6.45, 7) is 0.677. The smallest absolute Gasteiger partial charge is 0.312 e. The Kier molecular flexibility index (Phi) is 9.73. The topological polar surface area (TPSA) is 160 Å². The molecule has 0 bridgehead atoms. The predicted octanol–water partition coefficient (Wildman–Crippen LogP) is -0.210. The van der Waals surface area contributed by atoms with Gasteiger partial charge in [-0.1, -0.05) is 12.1 Å². The van der Waals surface area contributed by atoms with Gasteiger partial charge in [-0.15, -0.1) is 0 Å². The van der Waals surface area contributed by atoms with Crippen molar-refractivity contribution in [3.63, 3.8) is 0 Å². The van der Waals surface area contributed by atoms with Gasteiger partial charge < -0.3 is 32.5 Å². The summed E-state index contributed by atoms with van der Waals surface area (Å²) in [7, 11) is 0. The van der Waals surface area contributed by atoms with Crippen molar-refractivity contribution >= 4 is 23.5 Å². The lowest BCUT2D eigenvalue weighted by molar-refractivity contribution is -0.122. The van der Waals surface area contributed by atoms with Crippen molar-refractivity contribution in [1.29, 1.82) is 0 Å². The molecule has 0 saturated carbocycles. The second-order valence-electron chi connectivity index (χ2n) is 5.84. The van der Waals surface area contributed by atoms with E-state index in [1.54, 1.807) is 24.3 Å². The van der Waals surface area contributed by atoms with Gasteiger partial charge in [-0.3, -0.25) is 9.59 Å². The highest BCUT2D eigenvalue weighted by Gasteiger charge is 2.12. The van der Waals surface area contributed by atoms with Crippen LogP contribution in [0.3, 0.4) is 0 Å².